The highest BCUT2D eigenvalue weighted by atomic mass is 16.2. The number of nitriles is 1. The largest absolute Gasteiger partial charge is 0.347 e. The molecular weight excluding hydrogens is 382 g/mol. The van der Waals surface area contributed by atoms with Crippen molar-refractivity contribution < 1.29 is 9.59 Å². The summed E-state index contributed by atoms with van der Waals surface area (Å²) in [6, 6.07) is 8.84. The number of nitrogens with zero attached hydrogens (tertiary/aromatic N) is 5. The first kappa shape index (κ1) is 19.3. The highest BCUT2D eigenvalue weighted by Crippen LogP contribution is 2.31. The normalized spacial score (nSPS) is 14.6. The third kappa shape index (κ3) is 4.03. The number of benzene rings is 1. The van der Waals surface area contributed by atoms with Crippen molar-refractivity contribution >= 4 is 11.8 Å². The lowest BCUT2D eigenvalue weighted by Crippen LogP contribution is -2.29. The van der Waals surface area contributed by atoms with E-state index in [0.717, 1.165) is 29.5 Å². The van der Waals surface area contributed by atoms with E-state index < -0.39 is 5.91 Å². The van der Waals surface area contributed by atoms with Crippen molar-refractivity contribution in [3.63, 3.8) is 0 Å². The topological polar surface area (TPSA) is 126 Å². The van der Waals surface area contributed by atoms with Crippen LogP contribution in [0.1, 0.15) is 55.7 Å². The van der Waals surface area contributed by atoms with Crippen molar-refractivity contribution in [1.82, 2.24) is 30.4 Å². The third-order valence-electron chi connectivity index (χ3n) is 5.00. The van der Waals surface area contributed by atoms with E-state index in [1.165, 1.54) is 12.4 Å². The lowest BCUT2D eigenvalue weighted by atomic mass is 10.1. The SMILES string of the molecule is Cn1cc(CNC(=O)c2cc(C(=O)NC3CCc4cc(C#N)ccc43)ncn2)cn1. The molecule has 0 aliphatic heterocycles. The maximum absolute atomic E-state index is 12.7. The minimum atomic E-state index is -0.398. The van der Waals surface area contributed by atoms with Crippen LogP contribution in [0.25, 0.3) is 0 Å². The van der Waals surface area contributed by atoms with Crippen LogP contribution in [0.5, 0.6) is 0 Å². The van der Waals surface area contributed by atoms with Gasteiger partial charge in [-0.3, -0.25) is 14.3 Å². The molecule has 9 nitrogen and oxygen atoms in total. The molecule has 150 valence electrons. The van der Waals surface area contributed by atoms with Crippen LogP contribution in [-0.4, -0.2) is 31.6 Å². The molecule has 1 unspecified atom stereocenters. The van der Waals surface area contributed by atoms with Crippen LogP contribution in [-0.2, 0) is 20.0 Å². The van der Waals surface area contributed by atoms with Crippen LogP contribution in [0.15, 0.2) is 43.0 Å². The lowest BCUT2D eigenvalue weighted by molar-refractivity contribution is 0.0931. The second-order valence-corrected chi connectivity index (χ2v) is 7.08. The van der Waals surface area contributed by atoms with Gasteiger partial charge in [0.1, 0.15) is 17.7 Å². The average molecular weight is 401 g/mol. The number of hydrogen-bond donors (Lipinski definition) is 2. The minimum absolute atomic E-state index is 0.115. The molecule has 30 heavy (non-hydrogen) atoms. The zero-order valence-corrected chi connectivity index (χ0v) is 16.3. The number of nitrogens with one attached hydrogen (secondary N) is 2. The molecule has 1 aliphatic carbocycles. The molecule has 3 aromatic rings. The summed E-state index contributed by atoms with van der Waals surface area (Å²) in [5, 5.41) is 18.8. The van der Waals surface area contributed by atoms with E-state index in [1.54, 1.807) is 30.2 Å². The van der Waals surface area contributed by atoms with Gasteiger partial charge in [0.2, 0.25) is 0 Å². The molecule has 2 N–H and O–H groups in total. The number of fused-ring (bicyclic) bond motifs is 1. The molecule has 0 spiro atoms. The fraction of sp³-hybridized carbons (Fsp3) is 0.238. The molecule has 0 radical (unpaired) electrons. The molecule has 1 aromatic carbocycles. The average Bonchev–Trinajstić information content (AvgIpc) is 3.37. The van der Waals surface area contributed by atoms with Crippen LogP contribution in [0.3, 0.4) is 0 Å². The number of aryl methyl sites for hydroxylation is 2. The smallest absolute Gasteiger partial charge is 0.270 e. The summed E-state index contributed by atoms with van der Waals surface area (Å²) in [4.78, 5) is 33.1. The van der Waals surface area contributed by atoms with Gasteiger partial charge in [0, 0.05) is 31.4 Å². The summed E-state index contributed by atoms with van der Waals surface area (Å²) in [6.45, 7) is 0.307. The van der Waals surface area contributed by atoms with Crippen LogP contribution in [0.2, 0.25) is 0 Å². The highest BCUT2D eigenvalue weighted by Gasteiger charge is 2.25. The molecule has 0 fully saturated rings. The predicted molar refractivity (Wildman–Crippen MR) is 106 cm³/mol. The van der Waals surface area contributed by atoms with Gasteiger partial charge in [-0.2, -0.15) is 10.4 Å². The Labute approximate surface area is 172 Å². The molecule has 2 aromatic heterocycles. The Bertz CT molecular complexity index is 1160. The molecule has 9 heteroatoms. The summed E-state index contributed by atoms with van der Waals surface area (Å²) in [7, 11) is 1.80. The monoisotopic (exact) mass is 401 g/mol. The fourth-order valence-corrected chi connectivity index (χ4v) is 3.51. The van der Waals surface area contributed by atoms with E-state index in [0.29, 0.717) is 12.1 Å². The van der Waals surface area contributed by atoms with Gasteiger partial charge in [0.05, 0.1) is 23.9 Å². The first-order chi connectivity index (χ1) is 14.5. The Morgan fingerprint density at radius 1 is 1.23 bits per heavy atom. The van der Waals surface area contributed by atoms with Crippen LogP contribution >= 0.6 is 0 Å². The van der Waals surface area contributed by atoms with E-state index in [1.807, 2.05) is 12.1 Å². The third-order valence-corrected chi connectivity index (χ3v) is 5.00. The fourth-order valence-electron chi connectivity index (χ4n) is 3.51. The van der Waals surface area contributed by atoms with Crippen molar-refractivity contribution in [3.05, 3.63) is 76.6 Å². The number of carbonyl (C=O) groups is 2. The Hall–Kier alpha value is -4.06. The van der Waals surface area contributed by atoms with Crippen LogP contribution < -0.4 is 10.6 Å². The molecule has 2 heterocycles. The quantitative estimate of drug-likeness (QED) is 0.666. The molecule has 0 bridgehead atoms. The summed E-state index contributed by atoms with van der Waals surface area (Å²) < 4.78 is 1.65. The standard InChI is InChI=1S/C21H19N7O2/c1-28-11-14(10-26-28)9-23-20(29)18-7-19(25-12-24-18)21(30)27-17-5-3-15-6-13(8-22)2-4-16(15)17/h2,4,6-7,10-12,17H,3,5,9H2,1H3,(H,23,29)(H,27,30). The summed E-state index contributed by atoms with van der Waals surface area (Å²) in [5.41, 5.74) is 3.78. The van der Waals surface area contributed by atoms with Gasteiger partial charge in [0.25, 0.3) is 11.8 Å². The number of amides is 2. The molecular formula is C21H19N7O2. The second kappa shape index (κ2) is 8.13. The molecule has 1 atom stereocenters. The number of hydrogen-bond acceptors (Lipinski definition) is 6. The van der Waals surface area contributed by atoms with Crippen LogP contribution in [0.4, 0.5) is 0 Å². The number of aromatic nitrogens is 4. The summed E-state index contributed by atoms with van der Waals surface area (Å²) >= 11 is 0. The van der Waals surface area contributed by atoms with Gasteiger partial charge < -0.3 is 10.6 Å². The second-order valence-electron chi connectivity index (χ2n) is 7.08. The van der Waals surface area contributed by atoms with E-state index in [-0.39, 0.29) is 23.3 Å². The number of rotatable bonds is 5. The van der Waals surface area contributed by atoms with Gasteiger partial charge in [-0.15, -0.1) is 0 Å². The van der Waals surface area contributed by atoms with Crippen molar-refractivity contribution in [3.8, 4) is 6.07 Å². The van der Waals surface area contributed by atoms with Gasteiger partial charge in [-0.05, 0) is 36.1 Å². The van der Waals surface area contributed by atoms with Crippen molar-refractivity contribution in [2.45, 2.75) is 25.4 Å². The zero-order valence-electron chi connectivity index (χ0n) is 16.3. The van der Waals surface area contributed by atoms with Crippen molar-refractivity contribution in [2.75, 3.05) is 0 Å². The maximum Gasteiger partial charge on any atom is 0.270 e. The predicted octanol–water partition coefficient (Wildman–Crippen LogP) is 1.43. The molecule has 2 amide bonds. The molecule has 1 aliphatic rings. The molecule has 0 saturated carbocycles. The van der Waals surface area contributed by atoms with E-state index in [2.05, 4.69) is 31.8 Å². The zero-order chi connectivity index (χ0) is 21.1. The van der Waals surface area contributed by atoms with Crippen LogP contribution in [0, 0.1) is 11.3 Å². The summed E-state index contributed by atoms with van der Waals surface area (Å²) in [6.07, 6.45) is 6.22. The van der Waals surface area contributed by atoms with E-state index in [4.69, 9.17) is 5.26 Å². The van der Waals surface area contributed by atoms with Gasteiger partial charge >= 0.3 is 0 Å². The first-order valence-electron chi connectivity index (χ1n) is 9.45. The highest BCUT2D eigenvalue weighted by molar-refractivity contribution is 5.97. The Kier molecular flexibility index (Phi) is 5.22. The van der Waals surface area contributed by atoms with E-state index in [9.17, 15) is 9.59 Å². The maximum atomic E-state index is 12.7. The van der Waals surface area contributed by atoms with Gasteiger partial charge in [0.15, 0.2) is 0 Å². The van der Waals surface area contributed by atoms with E-state index >= 15 is 0 Å². The Morgan fingerprint density at radius 3 is 2.77 bits per heavy atom. The minimum Gasteiger partial charge on any atom is -0.347 e. The van der Waals surface area contributed by atoms with Crippen molar-refractivity contribution in [2.24, 2.45) is 7.05 Å². The van der Waals surface area contributed by atoms with Gasteiger partial charge in [-0.1, -0.05) is 6.07 Å². The summed E-state index contributed by atoms with van der Waals surface area (Å²) in [5.74, 6) is -0.772. The Balaban J connectivity index is 1.42. The van der Waals surface area contributed by atoms with Crippen molar-refractivity contribution in [1.29, 1.82) is 5.26 Å². The Morgan fingerprint density at radius 2 is 2.03 bits per heavy atom. The van der Waals surface area contributed by atoms with Gasteiger partial charge in [-0.25, -0.2) is 9.97 Å². The number of carbonyl (C=O) groups excluding carboxylic acids is 2. The molecule has 0 saturated heterocycles. The lowest BCUT2D eigenvalue weighted by Gasteiger charge is -2.14. The first-order valence-corrected chi connectivity index (χ1v) is 9.45. The molecule has 4 rings (SSSR count).